The Balaban J connectivity index is 2.56. The summed E-state index contributed by atoms with van der Waals surface area (Å²) in [6.07, 6.45) is 1.29. The Morgan fingerprint density at radius 2 is 2.05 bits per heavy atom. The first-order chi connectivity index (χ1) is 9.08. The standard InChI is InChI=1S/C13H16F2N4/c1-3-10(16)13-11(4-2)19(18-17-13)12-7-8(14)5-6-9(12)15/h5-7,10H,3-4,16H2,1-2H3. The van der Waals surface area contributed by atoms with E-state index in [-0.39, 0.29) is 11.7 Å². The van der Waals surface area contributed by atoms with Crippen molar-refractivity contribution in [1.29, 1.82) is 0 Å². The Morgan fingerprint density at radius 3 is 2.68 bits per heavy atom. The van der Waals surface area contributed by atoms with Crippen LogP contribution in [-0.2, 0) is 6.42 Å². The van der Waals surface area contributed by atoms with E-state index in [0.717, 1.165) is 18.2 Å². The van der Waals surface area contributed by atoms with Gasteiger partial charge in [0.15, 0.2) is 0 Å². The average Bonchev–Trinajstić information content (AvgIpc) is 2.84. The molecule has 0 spiro atoms. The number of halogens is 2. The summed E-state index contributed by atoms with van der Waals surface area (Å²) in [5, 5.41) is 7.91. The van der Waals surface area contributed by atoms with Gasteiger partial charge in [0, 0.05) is 6.07 Å². The van der Waals surface area contributed by atoms with Crippen LogP contribution in [0.15, 0.2) is 18.2 Å². The van der Waals surface area contributed by atoms with Crippen LogP contribution in [0.3, 0.4) is 0 Å². The maximum Gasteiger partial charge on any atom is 0.149 e. The minimum Gasteiger partial charge on any atom is -0.323 e. The van der Waals surface area contributed by atoms with E-state index in [1.807, 2.05) is 13.8 Å². The molecule has 2 rings (SSSR count). The van der Waals surface area contributed by atoms with Gasteiger partial charge in [0.05, 0.1) is 11.7 Å². The quantitative estimate of drug-likeness (QED) is 0.925. The SMILES string of the molecule is CCc1c(C(N)CC)nnn1-c1cc(F)ccc1F. The Bertz CT molecular complexity index is 580. The number of rotatable bonds is 4. The molecule has 1 aromatic carbocycles. The first-order valence-corrected chi connectivity index (χ1v) is 6.23. The molecule has 102 valence electrons. The second kappa shape index (κ2) is 5.44. The monoisotopic (exact) mass is 266 g/mol. The van der Waals surface area contributed by atoms with Crippen molar-refractivity contribution in [2.75, 3.05) is 0 Å². The molecule has 2 N–H and O–H groups in total. The largest absolute Gasteiger partial charge is 0.323 e. The van der Waals surface area contributed by atoms with Crippen LogP contribution < -0.4 is 5.73 Å². The van der Waals surface area contributed by atoms with Crippen molar-refractivity contribution < 1.29 is 8.78 Å². The molecule has 1 heterocycles. The second-order valence-corrected chi connectivity index (χ2v) is 4.30. The van der Waals surface area contributed by atoms with Gasteiger partial charge in [-0.1, -0.05) is 19.1 Å². The summed E-state index contributed by atoms with van der Waals surface area (Å²) in [4.78, 5) is 0. The first-order valence-electron chi connectivity index (χ1n) is 6.23. The van der Waals surface area contributed by atoms with Crippen LogP contribution >= 0.6 is 0 Å². The van der Waals surface area contributed by atoms with E-state index in [4.69, 9.17) is 5.73 Å². The molecule has 1 aromatic heterocycles. The average molecular weight is 266 g/mol. The summed E-state index contributed by atoms with van der Waals surface area (Å²) < 4.78 is 28.3. The van der Waals surface area contributed by atoms with E-state index < -0.39 is 11.6 Å². The third-order valence-corrected chi connectivity index (χ3v) is 3.06. The lowest BCUT2D eigenvalue weighted by Gasteiger charge is -2.10. The first kappa shape index (κ1) is 13.6. The van der Waals surface area contributed by atoms with Crippen molar-refractivity contribution in [2.45, 2.75) is 32.7 Å². The number of aromatic nitrogens is 3. The zero-order valence-electron chi connectivity index (χ0n) is 10.9. The van der Waals surface area contributed by atoms with Gasteiger partial charge in [0.2, 0.25) is 0 Å². The van der Waals surface area contributed by atoms with Crippen molar-refractivity contribution in [2.24, 2.45) is 5.73 Å². The van der Waals surface area contributed by atoms with E-state index in [9.17, 15) is 8.78 Å². The summed E-state index contributed by atoms with van der Waals surface area (Å²) >= 11 is 0. The van der Waals surface area contributed by atoms with Gasteiger partial charge in [-0.3, -0.25) is 0 Å². The molecule has 0 saturated carbocycles. The van der Waals surface area contributed by atoms with Crippen LogP contribution in [0.1, 0.15) is 37.7 Å². The molecule has 0 aliphatic carbocycles. The van der Waals surface area contributed by atoms with E-state index >= 15 is 0 Å². The molecule has 19 heavy (non-hydrogen) atoms. The lowest BCUT2D eigenvalue weighted by Crippen LogP contribution is -2.13. The highest BCUT2D eigenvalue weighted by molar-refractivity contribution is 5.36. The van der Waals surface area contributed by atoms with E-state index in [2.05, 4.69) is 10.3 Å². The number of nitrogens with zero attached hydrogens (tertiary/aromatic N) is 3. The Labute approximate surface area is 110 Å². The predicted octanol–water partition coefficient (Wildman–Crippen LogP) is 2.52. The molecule has 4 nitrogen and oxygen atoms in total. The molecule has 0 amide bonds. The fourth-order valence-electron chi connectivity index (χ4n) is 1.97. The third kappa shape index (κ3) is 2.49. The summed E-state index contributed by atoms with van der Waals surface area (Å²) in [5.41, 5.74) is 7.34. The Kier molecular flexibility index (Phi) is 3.90. The molecule has 0 aliphatic rings. The Morgan fingerprint density at radius 1 is 1.32 bits per heavy atom. The van der Waals surface area contributed by atoms with E-state index in [1.165, 1.54) is 4.68 Å². The molecule has 1 atom stereocenters. The highest BCUT2D eigenvalue weighted by Gasteiger charge is 2.19. The lowest BCUT2D eigenvalue weighted by molar-refractivity contribution is 0.581. The third-order valence-electron chi connectivity index (χ3n) is 3.06. The van der Waals surface area contributed by atoms with Crippen molar-refractivity contribution >= 4 is 0 Å². The fraction of sp³-hybridized carbons (Fsp3) is 0.385. The number of hydrogen-bond acceptors (Lipinski definition) is 3. The van der Waals surface area contributed by atoms with Crippen molar-refractivity contribution in [3.8, 4) is 5.69 Å². The summed E-state index contributed by atoms with van der Waals surface area (Å²) in [7, 11) is 0. The zero-order valence-corrected chi connectivity index (χ0v) is 10.9. The zero-order chi connectivity index (χ0) is 14.0. The van der Waals surface area contributed by atoms with Gasteiger partial charge < -0.3 is 5.73 Å². The minimum atomic E-state index is -0.544. The fourth-order valence-corrected chi connectivity index (χ4v) is 1.97. The molecule has 0 fully saturated rings. The minimum absolute atomic E-state index is 0.0545. The van der Waals surface area contributed by atoms with Crippen LogP contribution in [0.2, 0.25) is 0 Å². The lowest BCUT2D eigenvalue weighted by atomic mass is 10.1. The summed E-state index contributed by atoms with van der Waals surface area (Å²) in [6, 6.07) is 3.00. The number of hydrogen-bond donors (Lipinski definition) is 1. The predicted molar refractivity (Wildman–Crippen MR) is 67.9 cm³/mol. The van der Waals surface area contributed by atoms with Gasteiger partial charge in [-0.25, -0.2) is 13.5 Å². The van der Waals surface area contributed by atoms with Gasteiger partial charge in [-0.05, 0) is 25.0 Å². The summed E-state index contributed by atoms with van der Waals surface area (Å²) in [5.74, 6) is -1.06. The maximum absolute atomic E-state index is 13.8. The van der Waals surface area contributed by atoms with Crippen molar-refractivity contribution in [1.82, 2.24) is 15.0 Å². The van der Waals surface area contributed by atoms with Gasteiger partial charge in [-0.2, -0.15) is 0 Å². The van der Waals surface area contributed by atoms with Gasteiger partial charge in [-0.15, -0.1) is 5.10 Å². The van der Waals surface area contributed by atoms with Crippen molar-refractivity contribution in [3.05, 3.63) is 41.2 Å². The van der Waals surface area contributed by atoms with Gasteiger partial charge in [0.1, 0.15) is 23.0 Å². The van der Waals surface area contributed by atoms with Crippen molar-refractivity contribution in [3.63, 3.8) is 0 Å². The summed E-state index contributed by atoms with van der Waals surface area (Å²) in [6.45, 7) is 3.84. The second-order valence-electron chi connectivity index (χ2n) is 4.30. The highest BCUT2D eigenvalue weighted by Crippen LogP contribution is 2.22. The Hall–Kier alpha value is -1.82. The molecular weight excluding hydrogens is 250 g/mol. The van der Waals surface area contributed by atoms with Crippen LogP contribution in [-0.4, -0.2) is 15.0 Å². The number of nitrogens with two attached hydrogens (primary N) is 1. The van der Waals surface area contributed by atoms with Crippen LogP contribution in [0, 0.1) is 11.6 Å². The maximum atomic E-state index is 13.8. The molecule has 2 aromatic rings. The van der Waals surface area contributed by atoms with E-state index in [0.29, 0.717) is 24.2 Å². The molecule has 0 aliphatic heterocycles. The van der Waals surface area contributed by atoms with Gasteiger partial charge >= 0.3 is 0 Å². The molecule has 0 bridgehead atoms. The molecule has 6 heteroatoms. The topological polar surface area (TPSA) is 56.7 Å². The van der Waals surface area contributed by atoms with Crippen LogP contribution in [0.5, 0.6) is 0 Å². The molecule has 0 radical (unpaired) electrons. The molecule has 0 saturated heterocycles. The van der Waals surface area contributed by atoms with Crippen LogP contribution in [0.25, 0.3) is 5.69 Å². The number of benzene rings is 1. The normalized spacial score (nSPS) is 12.7. The highest BCUT2D eigenvalue weighted by atomic mass is 19.1. The molecular formula is C13H16F2N4. The van der Waals surface area contributed by atoms with Crippen LogP contribution in [0.4, 0.5) is 8.78 Å². The van der Waals surface area contributed by atoms with Gasteiger partial charge in [0.25, 0.3) is 0 Å². The molecule has 1 unspecified atom stereocenters. The van der Waals surface area contributed by atoms with E-state index in [1.54, 1.807) is 0 Å². The smallest absolute Gasteiger partial charge is 0.149 e.